The minimum atomic E-state index is -0.856. The lowest BCUT2D eigenvalue weighted by molar-refractivity contribution is -0.388. The van der Waals surface area contributed by atoms with Crippen molar-refractivity contribution in [2.24, 2.45) is 0 Å². The number of rotatable bonds is 5. The second kappa shape index (κ2) is 5.83. The molecular formula is C10H13NO4S. The van der Waals surface area contributed by atoms with Crippen molar-refractivity contribution in [3.05, 3.63) is 33.9 Å². The molecule has 0 spiro atoms. The van der Waals surface area contributed by atoms with Crippen LogP contribution in [-0.4, -0.2) is 33.6 Å². The van der Waals surface area contributed by atoms with Crippen LogP contribution in [0.5, 0.6) is 0 Å². The summed E-state index contributed by atoms with van der Waals surface area (Å²) in [5.74, 6) is 0.237. The fourth-order valence-corrected chi connectivity index (χ4v) is 2.25. The molecule has 0 amide bonds. The molecule has 1 aromatic carbocycles. The Bertz CT molecular complexity index is 383. The van der Waals surface area contributed by atoms with Gasteiger partial charge in [-0.05, 0) is 13.0 Å². The number of para-hydroxylation sites is 1. The third kappa shape index (κ3) is 3.19. The number of aliphatic hydroxyl groups is 2. The average Bonchev–Trinajstić information content (AvgIpc) is 2.25. The van der Waals surface area contributed by atoms with Crippen LogP contribution in [0.2, 0.25) is 0 Å². The van der Waals surface area contributed by atoms with E-state index in [1.54, 1.807) is 25.1 Å². The third-order valence-corrected chi connectivity index (χ3v) is 3.22. The van der Waals surface area contributed by atoms with Gasteiger partial charge in [-0.2, -0.15) is 0 Å². The largest absolute Gasteiger partial charge is 0.394 e. The fourth-order valence-electron chi connectivity index (χ4n) is 1.22. The number of benzene rings is 1. The van der Waals surface area contributed by atoms with Crippen molar-refractivity contribution < 1.29 is 15.1 Å². The van der Waals surface area contributed by atoms with Gasteiger partial charge in [0.2, 0.25) is 0 Å². The molecule has 1 aromatic rings. The summed E-state index contributed by atoms with van der Waals surface area (Å²) >= 11 is 1.17. The van der Waals surface area contributed by atoms with Gasteiger partial charge >= 0.3 is 0 Å². The van der Waals surface area contributed by atoms with Gasteiger partial charge < -0.3 is 10.2 Å². The molecule has 0 saturated carbocycles. The van der Waals surface area contributed by atoms with Crippen LogP contribution in [0.1, 0.15) is 5.56 Å². The smallest absolute Gasteiger partial charge is 0.285 e. The molecule has 0 aliphatic carbocycles. The lowest BCUT2D eigenvalue weighted by atomic mass is 10.2. The number of aryl methyl sites for hydroxylation is 1. The minimum absolute atomic E-state index is 0.0673. The van der Waals surface area contributed by atoms with Crippen molar-refractivity contribution >= 4 is 17.4 Å². The molecule has 16 heavy (non-hydrogen) atoms. The zero-order chi connectivity index (χ0) is 12.1. The molecule has 0 saturated heterocycles. The van der Waals surface area contributed by atoms with Gasteiger partial charge in [0.15, 0.2) is 0 Å². The second-order valence-electron chi connectivity index (χ2n) is 3.33. The molecule has 0 heterocycles. The Balaban J connectivity index is 2.87. The van der Waals surface area contributed by atoms with Gasteiger partial charge in [-0.15, -0.1) is 11.8 Å². The van der Waals surface area contributed by atoms with E-state index in [-0.39, 0.29) is 18.0 Å². The van der Waals surface area contributed by atoms with E-state index in [4.69, 9.17) is 5.11 Å². The third-order valence-electron chi connectivity index (χ3n) is 2.03. The Morgan fingerprint density at radius 3 is 2.81 bits per heavy atom. The summed E-state index contributed by atoms with van der Waals surface area (Å²) in [5, 5.41) is 28.7. The number of aliphatic hydroxyl groups excluding tert-OH is 2. The molecule has 0 aliphatic rings. The predicted octanol–water partition coefficient (Wildman–Crippen LogP) is 1.35. The van der Waals surface area contributed by atoms with E-state index in [0.717, 1.165) is 0 Å². The van der Waals surface area contributed by atoms with E-state index in [9.17, 15) is 15.2 Å². The number of hydrogen-bond donors (Lipinski definition) is 2. The Morgan fingerprint density at radius 2 is 2.25 bits per heavy atom. The van der Waals surface area contributed by atoms with E-state index in [1.165, 1.54) is 11.8 Å². The average molecular weight is 243 g/mol. The van der Waals surface area contributed by atoms with Gasteiger partial charge in [0.05, 0.1) is 22.5 Å². The lowest BCUT2D eigenvalue weighted by Crippen LogP contribution is -2.14. The van der Waals surface area contributed by atoms with Crippen molar-refractivity contribution in [2.75, 3.05) is 12.4 Å². The van der Waals surface area contributed by atoms with Crippen molar-refractivity contribution in [3.8, 4) is 0 Å². The Kier molecular flexibility index (Phi) is 4.72. The summed E-state index contributed by atoms with van der Waals surface area (Å²) in [7, 11) is 0. The lowest BCUT2D eigenvalue weighted by Gasteiger charge is -2.07. The first-order chi connectivity index (χ1) is 7.56. The molecular weight excluding hydrogens is 230 g/mol. The highest BCUT2D eigenvalue weighted by Crippen LogP contribution is 2.32. The van der Waals surface area contributed by atoms with E-state index < -0.39 is 11.0 Å². The second-order valence-corrected chi connectivity index (χ2v) is 4.39. The van der Waals surface area contributed by atoms with Crippen LogP contribution in [0.15, 0.2) is 23.1 Å². The number of hydrogen-bond acceptors (Lipinski definition) is 5. The van der Waals surface area contributed by atoms with Gasteiger partial charge in [-0.3, -0.25) is 10.1 Å². The monoisotopic (exact) mass is 243 g/mol. The maximum atomic E-state index is 10.8. The summed E-state index contributed by atoms with van der Waals surface area (Å²) in [6.07, 6.45) is -0.856. The SMILES string of the molecule is Cc1cccc(SCC(O)CO)c1[N+](=O)[O-]. The van der Waals surface area contributed by atoms with Crippen LogP contribution in [0.3, 0.4) is 0 Å². The summed E-state index contributed by atoms with van der Waals surface area (Å²) in [6, 6.07) is 5.04. The molecule has 2 N–H and O–H groups in total. The molecule has 0 fully saturated rings. The molecule has 6 heteroatoms. The van der Waals surface area contributed by atoms with Crippen LogP contribution in [0.25, 0.3) is 0 Å². The molecule has 0 aliphatic heterocycles. The molecule has 0 aromatic heterocycles. The number of thioether (sulfide) groups is 1. The normalized spacial score (nSPS) is 12.4. The zero-order valence-electron chi connectivity index (χ0n) is 8.79. The quantitative estimate of drug-likeness (QED) is 0.463. The number of nitro groups is 1. The zero-order valence-corrected chi connectivity index (χ0v) is 9.61. The van der Waals surface area contributed by atoms with E-state index in [2.05, 4.69) is 0 Å². The van der Waals surface area contributed by atoms with Gasteiger partial charge in [0, 0.05) is 11.3 Å². The van der Waals surface area contributed by atoms with Gasteiger partial charge in [-0.25, -0.2) is 0 Å². The summed E-state index contributed by atoms with van der Waals surface area (Å²) < 4.78 is 0. The highest BCUT2D eigenvalue weighted by Gasteiger charge is 2.17. The van der Waals surface area contributed by atoms with Crippen LogP contribution < -0.4 is 0 Å². The Labute approximate surface area is 97.3 Å². The van der Waals surface area contributed by atoms with Crippen molar-refractivity contribution in [2.45, 2.75) is 17.9 Å². The van der Waals surface area contributed by atoms with E-state index >= 15 is 0 Å². The van der Waals surface area contributed by atoms with E-state index in [1.807, 2.05) is 0 Å². The minimum Gasteiger partial charge on any atom is -0.394 e. The molecule has 0 radical (unpaired) electrons. The maximum Gasteiger partial charge on any atom is 0.285 e. The molecule has 1 unspecified atom stereocenters. The summed E-state index contributed by atoms with van der Waals surface area (Å²) in [6.45, 7) is 1.33. The standard InChI is InChI=1S/C10H13NO4S/c1-7-3-2-4-9(10(7)11(14)15)16-6-8(13)5-12/h2-4,8,12-13H,5-6H2,1H3. The Hall–Kier alpha value is -1.11. The molecule has 88 valence electrons. The fraction of sp³-hybridized carbons (Fsp3) is 0.400. The Morgan fingerprint density at radius 1 is 1.56 bits per heavy atom. The first-order valence-electron chi connectivity index (χ1n) is 4.72. The topological polar surface area (TPSA) is 83.6 Å². The summed E-state index contributed by atoms with van der Waals surface area (Å²) in [4.78, 5) is 10.9. The van der Waals surface area contributed by atoms with Crippen molar-refractivity contribution in [1.29, 1.82) is 0 Å². The van der Waals surface area contributed by atoms with Gasteiger partial charge in [0.1, 0.15) is 0 Å². The van der Waals surface area contributed by atoms with Crippen molar-refractivity contribution in [1.82, 2.24) is 0 Å². The highest BCUT2D eigenvalue weighted by molar-refractivity contribution is 7.99. The van der Waals surface area contributed by atoms with Gasteiger partial charge in [-0.1, -0.05) is 12.1 Å². The van der Waals surface area contributed by atoms with Crippen LogP contribution in [0, 0.1) is 17.0 Å². The molecule has 1 rings (SSSR count). The van der Waals surface area contributed by atoms with Gasteiger partial charge in [0.25, 0.3) is 5.69 Å². The molecule has 0 bridgehead atoms. The highest BCUT2D eigenvalue weighted by atomic mass is 32.2. The molecule has 1 atom stereocenters. The van der Waals surface area contributed by atoms with Crippen LogP contribution >= 0.6 is 11.8 Å². The summed E-state index contributed by atoms with van der Waals surface area (Å²) in [5.41, 5.74) is 0.658. The first kappa shape index (κ1) is 13.0. The predicted molar refractivity (Wildman–Crippen MR) is 61.7 cm³/mol. The van der Waals surface area contributed by atoms with E-state index in [0.29, 0.717) is 10.5 Å². The van der Waals surface area contributed by atoms with Crippen molar-refractivity contribution in [3.63, 3.8) is 0 Å². The number of nitro benzene ring substituents is 1. The number of nitrogens with zero attached hydrogens (tertiary/aromatic N) is 1. The van der Waals surface area contributed by atoms with Crippen LogP contribution in [0.4, 0.5) is 5.69 Å². The van der Waals surface area contributed by atoms with Crippen LogP contribution in [-0.2, 0) is 0 Å². The first-order valence-corrected chi connectivity index (χ1v) is 5.70. The maximum absolute atomic E-state index is 10.8. The molecule has 5 nitrogen and oxygen atoms in total.